The fourth-order valence-corrected chi connectivity index (χ4v) is 6.19. The van der Waals surface area contributed by atoms with Crippen molar-refractivity contribution in [2.24, 2.45) is 0 Å². The summed E-state index contributed by atoms with van der Waals surface area (Å²) in [5.41, 5.74) is 0. The first kappa shape index (κ1) is 50.5. The molecule has 2 unspecified atom stereocenters. The number of aliphatic carboxylic acids is 1. The molecular weight excluding hydrogens is 666 g/mol. The maximum Gasteiger partial charge on any atom is 0.306 e. The van der Waals surface area contributed by atoms with Crippen molar-refractivity contribution in [3.05, 3.63) is 36.5 Å². The number of allylic oxidation sites excluding steroid dienone is 6. The van der Waals surface area contributed by atoms with Crippen molar-refractivity contribution in [3.8, 4) is 0 Å². The van der Waals surface area contributed by atoms with E-state index in [9.17, 15) is 19.5 Å². The van der Waals surface area contributed by atoms with Crippen LogP contribution >= 0.6 is 0 Å². The Morgan fingerprint density at radius 2 is 1.00 bits per heavy atom. The first-order chi connectivity index (χ1) is 25.6. The molecule has 8 nitrogen and oxygen atoms in total. The van der Waals surface area contributed by atoms with Crippen molar-refractivity contribution in [1.82, 2.24) is 0 Å². The summed E-state index contributed by atoms with van der Waals surface area (Å²) >= 11 is 0. The van der Waals surface area contributed by atoms with Crippen molar-refractivity contribution >= 4 is 17.9 Å². The number of carbonyl (C=O) groups is 3. The number of unbranched alkanes of at least 4 members (excludes halogenated alkanes) is 20. The molecule has 2 atom stereocenters. The van der Waals surface area contributed by atoms with Crippen LogP contribution in [0.1, 0.15) is 181 Å². The molecule has 0 spiro atoms. The first-order valence-electron chi connectivity index (χ1n) is 21.5. The van der Waals surface area contributed by atoms with Crippen LogP contribution in [0.4, 0.5) is 0 Å². The smallest absolute Gasteiger partial charge is 0.306 e. The quantitative estimate of drug-likeness (QED) is 0.0268. The summed E-state index contributed by atoms with van der Waals surface area (Å²) in [6.07, 6.45) is 40.2. The molecule has 0 saturated carbocycles. The summed E-state index contributed by atoms with van der Waals surface area (Å²) in [7, 11) is 5.40. The second-order valence-electron chi connectivity index (χ2n) is 15.6. The van der Waals surface area contributed by atoms with Crippen LogP contribution in [0.3, 0.4) is 0 Å². The molecule has 0 N–H and O–H groups in total. The molecule has 0 rings (SSSR count). The number of nitrogens with zero attached hydrogens (tertiary/aromatic N) is 1. The molecule has 0 aromatic carbocycles. The average molecular weight is 748 g/mol. The second-order valence-corrected chi connectivity index (χ2v) is 15.6. The SMILES string of the molecule is CCCCCCC/C=C/C=C/C=C/CCCCCCCC(=O)OCC(COCCC(C(=O)[O-])[N+](C)(C)C)OC(=O)CCCCCCCCCCCCC. The van der Waals surface area contributed by atoms with E-state index in [-0.39, 0.29) is 42.7 Å². The van der Waals surface area contributed by atoms with Gasteiger partial charge in [0.2, 0.25) is 0 Å². The van der Waals surface area contributed by atoms with Gasteiger partial charge in [-0.25, -0.2) is 0 Å². The molecule has 0 aliphatic heterocycles. The van der Waals surface area contributed by atoms with Crippen LogP contribution < -0.4 is 5.11 Å². The standard InChI is InChI=1S/C45H81NO7/c1-6-8-10-12-14-16-18-19-20-21-22-23-24-26-27-29-31-33-35-43(47)52-40-41(39-51-38-37-42(45(49)50)46(3,4)5)53-44(48)36-34-32-30-28-25-17-15-13-11-9-7-2/h18-23,41-42H,6-17,24-40H2,1-5H3/b19-18+,21-20+,23-22+. The third-order valence-electron chi connectivity index (χ3n) is 9.59. The Kier molecular flexibility index (Phi) is 34.8. The summed E-state index contributed by atoms with van der Waals surface area (Å²) in [6.45, 7) is 4.61. The second kappa shape index (κ2) is 36.5. The topological polar surface area (TPSA) is 102 Å². The Balaban J connectivity index is 4.37. The zero-order valence-electron chi connectivity index (χ0n) is 34.9. The lowest BCUT2D eigenvalue weighted by Gasteiger charge is -2.34. The molecule has 308 valence electrons. The lowest BCUT2D eigenvalue weighted by molar-refractivity contribution is -0.889. The zero-order valence-corrected chi connectivity index (χ0v) is 34.9. The summed E-state index contributed by atoms with van der Waals surface area (Å²) in [5.74, 6) is -1.76. The Labute approximate surface area is 325 Å². The summed E-state index contributed by atoms with van der Waals surface area (Å²) in [5, 5.41) is 11.6. The highest BCUT2D eigenvalue weighted by atomic mass is 16.6. The molecule has 0 radical (unpaired) electrons. The number of ether oxygens (including phenoxy) is 3. The van der Waals surface area contributed by atoms with Crippen molar-refractivity contribution in [2.45, 2.75) is 193 Å². The Morgan fingerprint density at radius 1 is 0.566 bits per heavy atom. The summed E-state index contributed by atoms with van der Waals surface area (Å²) in [4.78, 5) is 36.7. The lowest BCUT2D eigenvalue weighted by Crippen LogP contribution is -2.55. The molecule has 0 aromatic heterocycles. The highest BCUT2D eigenvalue weighted by Crippen LogP contribution is 2.14. The number of hydrogen-bond acceptors (Lipinski definition) is 7. The van der Waals surface area contributed by atoms with E-state index in [4.69, 9.17) is 14.2 Å². The molecule has 0 saturated heterocycles. The molecule has 0 aliphatic carbocycles. The molecule has 0 amide bonds. The van der Waals surface area contributed by atoms with E-state index in [2.05, 4.69) is 50.3 Å². The number of quaternary nitrogens is 1. The molecule has 8 heteroatoms. The summed E-state index contributed by atoms with van der Waals surface area (Å²) < 4.78 is 17.1. The van der Waals surface area contributed by atoms with E-state index < -0.39 is 18.1 Å². The van der Waals surface area contributed by atoms with Gasteiger partial charge in [0.15, 0.2) is 6.10 Å². The minimum absolute atomic E-state index is 0.0360. The monoisotopic (exact) mass is 748 g/mol. The fourth-order valence-electron chi connectivity index (χ4n) is 6.19. The van der Waals surface area contributed by atoms with Gasteiger partial charge < -0.3 is 28.6 Å². The normalized spacial score (nSPS) is 13.3. The number of hydrogen-bond donors (Lipinski definition) is 0. The minimum atomic E-state index is -1.13. The highest BCUT2D eigenvalue weighted by molar-refractivity contribution is 5.70. The van der Waals surface area contributed by atoms with Gasteiger partial charge in [-0.15, -0.1) is 0 Å². The van der Waals surface area contributed by atoms with Gasteiger partial charge in [-0.1, -0.05) is 159 Å². The molecule has 0 aliphatic rings. The van der Waals surface area contributed by atoms with Gasteiger partial charge in [0.05, 0.1) is 40.3 Å². The van der Waals surface area contributed by atoms with Gasteiger partial charge in [0.25, 0.3) is 0 Å². The third kappa shape index (κ3) is 35.0. The van der Waals surface area contributed by atoms with Crippen LogP contribution in [-0.4, -0.2) is 75.5 Å². The number of likely N-dealkylation sites (N-methyl/N-ethyl adjacent to an activating group) is 1. The molecule has 0 fully saturated rings. The van der Waals surface area contributed by atoms with Crippen molar-refractivity contribution in [2.75, 3.05) is 41.0 Å². The fraction of sp³-hybridized carbons (Fsp3) is 0.800. The van der Waals surface area contributed by atoms with Crippen LogP contribution in [0.2, 0.25) is 0 Å². The maximum atomic E-state index is 12.7. The van der Waals surface area contributed by atoms with Crippen molar-refractivity contribution in [3.63, 3.8) is 0 Å². The number of carboxylic acid groups (broad SMARTS) is 1. The summed E-state index contributed by atoms with van der Waals surface area (Å²) in [6, 6.07) is -0.726. The van der Waals surface area contributed by atoms with E-state index in [1.807, 2.05) is 0 Å². The van der Waals surface area contributed by atoms with Crippen LogP contribution in [0.25, 0.3) is 0 Å². The number of carbonyl (C=O) groups excluding carboxylic acids is 3. The molecule has 0 heterocycles. The van der Waals surface area contributed by atoms with Crippen molar-refractivity contribution in [1.29, 1.82) is 0 Å². The van der Waals surface area contributed by atoms with Gasteiger partial charge in [-0.3, -0.25) is 9.59 Å². The number of carboxylic acids is 1. The van der Waals surface area contributed by atoms with E-state index in [0.717, 1.165) is 64.2 Å². The Morgan fingerprint density at radius 3 is 1.45 bits per heavy atom. The average Bonchev–Trinajstić information content (AvgIpc) is 3.11. The molecule has 0 aromatic rings. The Bertz CT molecular complexity index is 968. The van der Waals surface area contributed by atoms with Crippen LogP contribution in [-0.2, 0) is 28.6 Å². The van der Waals surface area contributed by atoms with E-state index >= 15 is 0 Å². The van der Waals surface area contributed by atoms with Crippen LogP contribution in [0.15, 0.2) is 36.5 Å². The van der Waals surface area contributed by atoms with E-state index in [0.29, 0.717) is 12.8 Å². The van der Waals surface area contributed by atoms with Crippen LogP contribution in [0.5, 0.6) is 0 Å². The zero-order chi connectivity index (χ0) is 39.3. The van der Waals surface area contributed by atoms with Gasteiger partial charge >= 0.3 is 11.9 Å². The molecule has 53 heavy (non-hydrogen) atoms. The van der Waals surface area contributed by atoms with Gasteiger partial charge in [0, 0.05) is 19.3 Å². The number of rotatable bonds is 38. The van der Waals surface area contributed by atoms with Gasteiger partial charge in [-0.05, 0) is 38.5 Å². The minimum Gasteiger partial charge on any atom is -0.544 e. The first-order valence-corrected chi connectivity index (χ1v) is 21.5. The maximum absolute atomic E-state index is 12.7. The van der Waals surface area contributed by atoms with Crippen molar-refractivity contribution < 1.29 is 38.2 Å². The predicted molar refractivity (Wildman–Crippen MR) is 217 cm³/mol. The third-order valence-corrected chi connectivity index (χ3v) is 9.59. The largest absolute Gasteiger partial charge is 0.544 e. The van der Waals surface area contributed by atoms with E-state index in [1.54, 1.807) is 21.1 Å². The van der Waals surface area contributed by atoms with Crippen LogP contribution in [0, 0.1) is 0 Å². The highest BCUT2D eigenvalue weighted by Gasteiger charge is 2.25. The molecule has 0 bridgehead atoms. The van der Waals surface area contributed by atoms with Gasteiger partial charge in [0.1, 0.15) is 12.6 Å². The van der Waals surface area contributed by atoms with E-state index in [1.165, 1.54) is 83.5 Å². The Hall–Kier alpha value is -2.45. The molecular formula is C45H81NO7. The predicted octanol–water partition coefficient (Wildman–Crippen LogP) is 10.1. The van der Waals surface area contributed by atoms with Gasteiger partial charge in [-0.2, -0.15) is 0 Å². The lowest BCUT2D eigenvalue weighted by atomic mass is 10.1. The number of esters is 2.